The van der Waals surface area contributed by atoms with Gasteiger partial charge in [-0.15, -0.1) is 0 Å². The van der Waals surface area contributed by atoms with E-state index in [-0.39, 0.29) is 11.9 Å². The van der Waals surface area contributed by atoms with Crippen molar-refractivity contribution in [2.24, 2.45) is 5.92 Å². The lowest BCUT2D eigenvalue weighted by Crippen LogP contribution is -2.26. The highest BCUT2D eigenvalue weighted by atomic mass is 16.3. The van der Waals surface area contributed by atoms with E-state index >= 15 is 0 Å². The summed E-state index contributed by atoms with van der Waals surface area (Å²) in [7, 11) is 0. The second-order valence-corrected chi connectivity index (χ2v) is 6.96. The van der Waals surface area contributed by atoms with E-state index in [1.165, 1.54) is 11.3 Å². The molecule has 0 fully saturated rings. The Morgan fingerprint density at radius 3 is 2.54 bits per heavy atom. The molecule has 0 saturated heterocycles. The van der Waals surface area contributed by atoms with Crippen LogP contribution in [0.3, 0.4) is 0 Å². The van der Waals surface area contributed by atoms with Crippen molar-refractivity contribution in [1.29, 1.82) is 0 Å². The molecular weight excluding hydrogens is 302 g/mol. The summed E-state index contributed by atoms with van der Waals surface area (Å²) in [6.45, 7) is 13.2. The van der Waals surface area contributed by atoms with Crippen LogP contribution in [-0.2, 0) is 17.8 Å². The highest BCUT2D eigenvalue weighted by Gasteiger charge is 2.16. The average Bonchev–Trinajstić information content (AvgIpc) is 3.02. The third-order valence-corrected chi connectivity index (χ3v) is 4.24. The predicted octanol–water partition coefficient (Wildman–Crippen LogP) is 3.87. The summed E-state index contributed by atoms with van der Waals surface area (Å²) in [4.78, 5) is 12.2. The molecule has 0 aromatic carbocycles. The Morgan fingerprint density at radius 2 is 1.96 bits per heavy atom. The molecular formula is C19H29N3O2. The fourth-order valence-corrected chi connectivity index (χ4v) is 2.93. The molecule has 1 N–H and O–H groups in total. The molecule has 2 aromatic heterocycles. The molecule has 0 aliphatic rings. The molecule has 1 atom stereocenters. The fraction of sp³-hybridized carbons (Fsp3) is 0.579. The predicted molar refractivity (Wildman–Crippen MR) is 94.9 cm³/mol. The minimum Gasteiger partial charge on any atom is -0.464 e. The number of carbonyl (C=O) groups excluding carboxylic acids is 1. The van der Waals surface area contributed by atoms with Gasteiger partial charge in [-0.05, 0) is 57.7 Å². The molecule has 1 amide bonds. The molecule has 0 aliphatic heterocycles. The molecule has 5 heteroatoms. The highest BCUT2D eigenvalue weighted by molar-refractivity contribution is 5.76. The van der Waals surface area contributed by atoms with E-state index in [4.69, 9.17) is 4.42 Å². The molecule has 2 rings (SSSR count). The van der Waals surface area contributed by atoms with Crippen molar-refractivity contribution in [3.05, 3.63) is 40.6 Å². The molecule has 0 aliphatic carbocycles. The Hall–Kier alpha value is -2.04. The van der Waals surface area contributed by atoms with Crippen LogP contribution in [0.25, 0.3) is 0 Å². The van der Waals surface area contributed by atoms with Gasteiger partial charge in [0.25, 0.3) is 0 Å². The van der Waals surface area contributed by atoms with E-state index < -0.39 is 0 Å². The zero-order valence-electron chi connectivity index (χ0n) is 15.6. The van der Waals surface area contributed by atoms with Crippen molar-refractivity contribution in [2.45, 2.75) is 67.0 Å². The van der Waals surface area contributed by atoms with Crippen molar-refractivity contribution in [3.8, 4) is 0 Å². The van der Waals surface area contributed by atoms with E-state index in [9.17, 15) is 4.79 Å². The summed E-state index contributed by atoms with van der Waals surface area (Å²) in [6.07, 6.45) is 1.17. The molecule has 5 nitrogen and oxygen atoms in total. The van der Waals surface area contributed by atoms with Gasteiger partial charge >= 0.3 is 0 Å². The first kappa shape index (κ1) is 18.3. The topological polar surface area (TPSA) is 60.1 Å². The summed E-state index contributed by atoms with van der Waals surface area (Å²) in [5, 5.41) is 7.61. The lowest BCUT2D eigenvalue weighted by Gasteiger charge is -2.12. The van der Waals surface area contributed by atoms with Crippen LogP contribution >= 0.6 is 0 Å². The monoisotopic (exact) mass is 331 g/mol. The van der Waals surface area contributed by atoms with Crippen molar-refractivity contribution < 1.29 is 9.21 Å². The smallest absolute Gasteiger partial charge is 0.220 e. The number of carbonyl (C=O) groups is 1. The second kappa shape index (κ2) is 7.69. The van der Waals surface area contributed by atoms with Crippen LogP contribution in [0.2, 0.25) is 0 Å². The van der Waals surface area contributed by atoms with Gasteiger partial charge in [-0.1, -0.05) is 13.8 Å². The molecule has 0 bridgehead atoms. The Bertz CT molecular complexity index is 698. The SMILES string of the molecule is Cc1ccc(C(C)NC(=O)CCc2c(C)nn(CC(C)C)c2C)o1. The van der Waals surface area contributed by atoms with Crippen molar-refractivity contribution >= 4 is 5.91 Å². The van der Waals surface area contributed by atoms with Gasteiger partial charge in [-0.3, -0.25) is 9.48 Å². The molecule has 0 radical (unpaired) electrons. The van der Waals surface area contributed by atoms with E-state index in [1.54, 1.807) is 0 Å². The van der Waals surface area contributed by atoms with Crippen LogP contribution in [0, 0.1) is 26.7 Å². The van der Waals surface area contributed by atoms with Gasteiger partial charge in [0.2, 0.25) is 5.91 Å². The Labute approximate surface area is 144 Å². The maximum Gasteiger partial charge on any atom is 0.220 e. The zero-order chi connectivity index (χ0) is 17.9. The molecule has 2 aromatic rings. The number of hydrogen-bond donors (Lipinski definition) is 1. The highest BCUT2D eigenvalue weighted by Crippen LogP contribution is 2.18. The summed E-state index contributed by atoms with van der Waals surface area (Å²) in [6, 6.07) is 3.70. The van der Waals surface area contributed by atoms with E-state index in [0.717, 1.165) is 23.8 Å². The Morgan fingerprint density at radius 1 is 1.25 bits per heavy atom. The number of hydrogen-bond acceptors (Lipinski definition) is 3. The minimum atomic E-state index is -0.114. The first-order valence-electron chi connectivity index (χ1n) is 8.66. The van der Waals surface area contributed by atoms with Crippen LogP contribution in [0.4, 0.5) is 0 Å². The maximum absolute atomic E-state index is 12.2. The number of aromatic nitrogens is 2. The second-order valence-electron chi connectivity index (χ2n) is 6.96. The number of amides is 1. The largest absolute Gasteiger partial charge is 0.464 e. The minimum absolute atomic E-state index is 0.0342. The van der Waals surface area contributed by atoms with Crippen LogP contribution in [0.15, 0.2) is 16.5 Å². The fourth-order valence-electron chi connectivity index (χ4n) is 2.93. The quantitative estimate of drug-likeness (QED) is 0.838. The molecule has 132 valence electrons. The molecule has 1 unspecified atom stereocenters. The summed E-state index contributed by atoms with van der Waals surface area (Å²) in [5.74, 6) is 2.23. The Kier molecular flexibility index (Phi) is 5.86. The number of rotatable bonds is 7. The number of nitrogens with one attached hydrogen (secondary N) is 1. The van der Waals surface area contributed by atoms with E-state index in [2.05, 4.69) is 35.9 Å². The van der Waals surface area contributed by atoms with Gasteiger partial charge < -0.3 is 9.73 Å². The molecule has 0 spiro atoms. The lowest BCUT2D eigenvalue weighted by molar-refractivity contribution is -0.121. The van der Waals surface area contributed by atoms with Crippen LogP contribution < -0.4 is 5.32 Å². The van der Waals surface area contributed by atoms with Gasteiger partial charge in [-0.25, -0.2) is 0 Å². The number of aryl methyl sites for hydroxylation is 2. The molecule has 24 heavy (non-hydrogen) atoms. The molecule has 0 saturated carbocycles. The Balaban J connectivity index is 1.93. The van der Waals surface area contributed by atoms with E-state index in [1.807, 2.05) is 32.9 Å². The van der Waals surface area contributed by atoms with Gasteiger partial charge in [0.15, 0.2) is 0 Å². The third-order valence-electron chi connectivity index (χ3n) is 4.24. The van der Waals surface area contributed by atoms with Crippen LogP contribution in [0.5, 0.6) is 0 Å². The molecule has 2 heterocycles. The van der Waals surface area contributed by atoms with Crippen LogP contribution in [0.1, 0.15) is 61.7 Å². The number of furan rings is 1. The van der Waals surface area contributed by atoms with Crippen LogP contribution in [-0.4, -0.2) is 15.7 Å². The standard InChI is InChI=1S/C19H29N3O2/c1-12(2)11-22-16(6)17(14(4)21-22)8-10-19(23)20-15(5)18-9-7-13(3)24-18/h7,9,12,15H,8,10-11H2,1-6H3,(H,20,23). The zero-order valence-corrected chi connectivity index (χ0v) is 15.6. The van der Waals surface area contributed by atoms with Gasteiger partial charge in [-0.2, -0.15) is 5.10 Å². The summed E-state index contributed by atoms with van der Waals surface area (Å²) in [5.41, 5.74) is 3.38. The van der Waals surface area contributed by atoms with Gasteiger partial charge in [0, 0.05) is 18.7 Å². The number of nitrogens with zero attached hydrogens (tertiary/aromatic N) is 2. The lowest BCUT2D eigenvalue weighted by atomic mass is 10.1. The van der Waals surface area contributed by atoms with Gasteiger partial charge in [0.1, 0.15) is 11.5 Å². The summed E-state index contributed by atoms with van der Waals surface area (Å²) >= 11 is 0. The summed E-state index contributed by atoms with van der Waals surface area (Å²) < 4.78 is 7.62. The maximum atomic E-state index is 12.2. The van der Waals surface area contributed by atoms with Crippen molar-refractivity contribution in [3.63, 3.8) is 0 Å². The third kappa shape index (κ3) is 4.49. The normalized spacial score (nSPS) is 12.6. The average molecular weight is 331 g/mol. The van der Waals surface area contributed by atoms with Crippen molar-refractivity contribution in [2.75, 3.05) is 0 Å². The van der Waals surface area contributed by atoms with Crippen molar-refractivity contribution in [1.82, 2.24) is 15.1 Å². The first-order chi connectivity index (χ1) is 11.3. The van der Waals surface area contributed by atoms with Gasteiger partial charge in [0.05, 0.1) is 11.7 Å². The first-order valence-corrected chi connectivity index (χ1v) is 8.66. The van der Waals surface area contributed by atoms with E-state index in [0.29, 0.717) is 18.8 Å².